The van der Waals surface area contributed by atoms with E-state index in [1.807, 2.05) is 0 Å². The molecule has 0 bridgehead atoms. The van der Waals surface area contributed by atoms with Crippen LogP contribution >= 0.6 is 11.8 Å². The molecule has 1 fully saturated rings. The second-order valence-electron chi connectivity index (χ2n) is 17.4. The Balaban J connectivity index is 1.42. The largest absolute Gasteiger partial charge is 0.315 e. The number of hydrogen-bond acceptors (Lipinski definition) is 2. The molecule has 0 spiro atoms. The van der Waals surface area contributed by atoms with E-state index >= 15 is 0 Å². The summed E-state index contributed by atoms with van der Waals surface area (Å²) >= 11 is 2.13. The van der Waals surface area contributed by atoms with Crippen molar-refractivity contribution in [1.82, 2.24) is 0 Å². The highest BCUT2D eigenvalue weighted by molar-refractivity contribution is 8.04. The average molecular weight is 715 g/mol. The fourth-order valence-electron chi connectivity index (χ4n) is 9.62. The van der Waals surface area contributed by atoms with Gasteiger partial charge in [-0.05, 0) is 81.1 Å². The van der Waals surface area contributed by atoms with Crippen molar-refractivity contribution in [2.45, 2.75) is 110 Å². The lowest BCUT2D eigenvalue weighted by Gasteiger charge is -2.34. The van der Waals surface area contributed by atoms with Crippen LogP contribution in [0.4, 0.5) is 0 Å². The molecule has 0 N–H and O–H groups in total. The van der Waals surface area contributed by atoms with Crippen LogP contribution in [0.2, 0.25) is 13.1 Å². The van der Waals surface area contributed by atoms with Crippen LogP contribution in [0.3, 0.4) is 0 Å². The van der Waals surface area contributed by atoms with E-state index in [-0.39, 0.29) is 5.41 Å². The number of rotatable bonds is 12. The Hall–Kier alpha value is -3.05. The van der Waals surface area contributed by atoms with Crippen molar-refractivity contribution in [3.63, 3.8) is 0 Å². The highest BCUT2D eigenvalue weighted by atomic mass is 32.2. The van der Waals surface area contributed by atoms with E-state index in [1.165, 1.54) is 101 Å². The molecule has 3 atom stereocenters. The van der Waals surface area contributed by atoms with Crippen LogP contribution in [-0.2, 0) is 5.41 Å². The molecule has 1 saturated heterocycles. The Bertz CT molecular complexity index is 2050. The van der Waals surface area contributed by atoms with Crippen LogP contribution in [0.5, 0.6) is 5.75 Å². The van der Waals surface area contributed by atoms with Crippen molar-refractivity contribution < 1.29 is 9.48 Å². The fraction of sp³-hybridized carbons (Fsp3) is 0.447. The van der Waals surface area contributed by atoms with Crippen molar-refractivity contribution in [3.05, 3.63) is 105 Å². The summed E-state index contributed by atoms with van der Waals surface area (Å²) in [6.45, 7) is 17.3. The lowest BCUT2D eigenvalue weighted by atomic mass is 9.75. The average Bonchev–Trinajstić information content (AvgIpc) is 3.67. The maximum atomic E-state index is 7.24. The minimum Gasteiger partial charge on any atom is -0.315 e. The molecule has 3 aliphatic rings. The number of quaternary nitrogens is 1. The molecular weight excluding hydrogens is 655 g/mol. The number of nitrogens with zero attached hydrogens (tertiary/aromatic N) is 1. The summed E-state index contributed by atoms with van der Waals surface area (Å²) in [5.41, 5.74) is 11.5. The van der Waals surface area contributed by atoms with E-state index in [1.54, 1.807) is 21.2 Å². The zero-order chi connectivity index (χ0) is 36.3. The van der Waals surface area contributed by atoms with Crippen molar-refractivity contribution in [2.75, 3.05) is 21.1 Å². The standard InChI is InChI=1S/C47H60NOSSi/c1-11-12-13-14-15-20-27-47(5)40-24-19-18-23-37(40)38-26-25-35(29-41(38)47)43-36-22-17-16-21-34(36)30-42(44(43)49-48(6,7)8)51(9,10)46-33(4)32(3)39-28-31(2)50-45(39)46/h16-19,21-26,29-31,33H,11-15,20,27-28H2,1-10H3/q+1/t31?,33-,47?/m1/s1. The first-order valence-electron chi connectivity index (χ1n) is 19.7. The van der Waals surface area contributed by atoms with Crippen LogP contribution < -0.4 is 10.0 Å². The van der Waals surface area contributed by atoms with E-state index in [9.17, 15) is 0 Å². The Morgan fingerprint density at radius 3 is 2.29 bits per heavy atom. The van der Waals surface area contributed by atoms with E-state index in [0.29, 0.717) is 15.8 Å². The molecule has 4 aromatic rings. The topological polar surface area (TPSA) is 9.23 Å². The Kier molecular flexibility index (Phi) is 9.78. The second kappa shape index (κ2) is 13.7. The summed E-state index contributed by atoms with van der Waals surface area (Å²) in [5, 5.41) is 6.36. The molecular formula is C47H60NOSSi+. The van der Waals surface area contributed by atoms with Crippen molar-refractivity contribution in [1.29, 1.82) is 0 Å². The molecule has 0 aromatic heterocycles. The van der Waals surface area contributed by atoms with Crippen molar-refractivity contribution in [2.24, 2.45) is 5.92 Å². The molecule has 0 radical (unpaired) electrons. The zero-order valence-corrected chi connectivity index (χ0v) is 34.8. The van der Waals surface area contributed by atoms with Crippen LogP contribution in [0.25, 0.3) is 33.0 Å². The maximum absolute atomic E-state index is 7.24. The molecule has 0 saturated carbocycles. The van der Waals surface area contributed by atoms with Gasteiger partial charge in [-0.1, -0.05) is 157 Å². The number of hydrogen-bond donors (Lipinski definition) is 0. The number of thioether (sulfide) groups is 1. The van der Waals surface area contributed by atoms with Crippen LogP contribution in [0, 0.1) is 5.92 Å². The van der Waals surface area contributed by atoms with E-state index < -0.39 is 8.07 Å². The molecule has 268 valence electrons. The summed E-state index contributed by atoms with van der Waals surface area (Å²) in [7, 11) is 4.24. The molecule has 4 aromatic carbocycles. The fourth-order valence-corrected chi connectivity index (χ4v) is 15.5. The van der Waals surface area contributed by atoms with Gasteiger partial charge < -0.3 is 4.84 Å². The number of hydroxylamine groups is 3. The van der Waals surface area contributed by atoms with Crippen LogP contribution in [0.1, 0.15) is 97.1 Å². The molecule has 1 aliphatic heterocycles. The lowest BCUT2D eigenvalue weighted by Crippen LogP contribution is -2.49. The molecule has 2 aliphatic carbocycles. The van der Waals surface area contributed by atoms with E-state index in [2.05, 4.69) is 153 Å². The smallest absolute Gasteiger partial charge is 0.198 e. The van der Waals surface area contributed by atoms with Gasteiger partial charge in [0.2, 0.25) is 0 Å². The third kappa shape index (κ3) is 6.38. The molecule has 0 amide bonds. The van der Waals surface area contributed by atoms with Gasteiger partial charge in [0.25, 0.3) is 0 Å². The van der Waals surface area contributed by atoms with Gasteiger partial charge in [-0.25, -0.2) is 0 Å². The first-order valence-corrected chi connectivity index (χ1v) is 23.6. The van der Waals surface area contributed by atoms with Crippen LogP contribution in [-0.4, -0.2) is 39.1 Å². The third-order valence-corrected chi connectivity index (χ3v) is 17.5. The van der Waals surface area contributed by atoms with Gasteiger partial charge >= 0.3 is 0 Å². The van der Waals surface area contributed by atoms with Crippen molar-refractivity contribution in [3.8, 4) is 28.0 Å². The summed E-state index contributed by atoms with van der Waals surface area (Å²) in [4.78, 5) is 8.85. The highest BCUT2D eigenvalue weighted by Gasteiger charge is 2.46. The predicted octanol–water partition coefficient (Wildman–Crippen LogP) is 12.7. The number of fused-ring (bicyclic) bond motifs is 5. The third-order valence-electron chi connectivity index (χ3n) is 12.3. The monoisotopic (exact) mass is 714 g/mol. The molecule has 1 heterocycles. The zero-order valence-electron chi connectivity index (χ0n) is 33.0. The SMILES string of the molecule is CCCCCCCCC1(C)c2ccccc2-c2ccc(-c3c(O[N+](C)(C)C)c([Si](C)(C)C4=C5SC(C)CC5=C(C)[C@H]4C)cc4ccccc34)cc21. The summed E-state index contributed by atoms with van der Waals surface area (Å²) in [5.74, 6) is 1.55. The van der Waals surface area contributed by atoms with Gasteiger partial charge in [-0.15, -0.1) is 16.4 Å². The van der Waals surface area contributed by atoms with Crippen LogP contribution in [0.15, 0.2) is 94.0 Å². The second-order valence-corrected chi connectivity index (χ2v) is 23.1. The Morgan fingerprint density at radius 1 is 0.843 bits per heavy atom. The molecule has 7 rings (SSSR count). The minimum absolute atomic E-state index is 0.0169. The van der Waals surface area contributed by atoms with Crippen molar-refractivity contribution >= 4 is 35.8 Å². The predicted molar refractivity (Wildman–Crippen MR) is 226 cm³/mol. The normalized spacial score (nSPS) is 21.5. The van der Waals surface area contributed by atoms with Gasteiger partial charge in [-0.2, -0.15) is 0 Å². The summed E-state index contributed by atoms with van der Waals surface area (Å²) in [6, 6.07) is 28.2. The quantitative estimate of drug-likeness (QED) is 0.0625. The Morgan fingerprint density at radius 2 is 1.53 bits per heavy atom. The summed E-state index contributed by atoms with van der Waals surface area (Å²) in [6.07, 6.45) is 10.3. The number of benzene rings is 4. The maximum Gasteiger partial charge on any atom is 0.198 e. The molecule has 2 nitrogen and oxygen atoms in total. The summed E-state index contributed by atoms with van der Waals surface area (Å²) < 4.78 is 0.407. The number of unbranched alkanes of at least 4 members (excludes halogenated alkanes) is 5. The van der Waals surface area contributed by atoms with Gasteiger partial charge in [0.05, 0.1) is 0 Å². The first-order chi connectivity index (χ1) is 24.3. The van der Waals surface area contributed by atoms with Gasteiger partial charge in [0.15, 0.2) is 5.75 Å². The first kappa shape index (κ1) is 36.3. The molecule has 4 heteroatoms. The molecule has 51 heavy (non-hydrogen) atoms. The Labute approximate surface area is 313 Å². The van der Waals surface area contributed by atoms with E-state index in [4.69, 9.17) is 4.84 Å². The highest BCUT2D eigenvalue weighted by Crippen LogP contribution is 2.56. The minimum atomic E-state index is -2.24. The van der Waals surface area contributed by atoms with Gasteiger partial charge in [0, 0.05) is 21.1 Å². The lowest BCUT2D eigenvalue weighted by molar-refractivity contribution is -1.03. The van der Waals surface area contributed by atoms with Gasteiger partial charge in [0.1, 0.15) is 29.2 Å². The van der Waals surface area contributed by atoms with Gasteiger partial charge in [-0.3, -0.25) is 0 Å². The van der Waals surface area contributed by atoms with E-state index in [0.717, 1.165) is 5.75 Å². The molecule has 2 unspecified atom stereocenters. The number of allylic oxidation sites excluding steroid dienone is 3.